The highest BCUT2D eigenvalue weighted by molar-refractivity contribution is 6.32. The Morgan fingerprint density at radius 3 is 2.55 bits per heavy atom. The summed E-state index contributed by atoms with van der Waals surface area (Å²) in [5.74, 6) is 0.0937. The van der Waals surface area contributed by atoms with E-state index >= 15 is 0 Å². The highest BCUT2D eigenvalue weighted by Gasteiger charge is 2.31. The van der Waals surface area contributed by atoms with Crippen LogP contribution in [0.25, 0.3) is 0 Å². The fourth-order valence-electron chi connectivity index (χ4n) is 2.48. The lowest BCUT2D eigenvalue weighted by Gasteiger charge is -2.25. The molecule has 2 aromatic carbocycles. The average molecular weight is 284 g/mol. The maximum absolute atomic E-state index is 9.57. The molecule has 0 aliphatic carbocycles. The van der Waals surface area contributed by atoms with Crippen LogP contribution in [0.4, 0.5) is 0 Å². The zero-order valence-corrected chi connectivity index (χ0v) is 11.6. The van der Waals surface area contributed by atoms with Gasteiger partial charge in [0.15, 0.2) is 0 Å². The smallest absolute Gasteiger partial charge is 0.134 e. The van der Waals surface area contributed by atoms with Crippen LogP contribution in [-0.4, -0.2) is 11.3 Å². The molecule has 2 aromatic rings. The van der Waals surface area contributed by atoms with Crippen LogP contribution >= 0.6 is 11.6 Å². The SMILES string of the molecule is Oc1ccc(C2(Cc3ccccc3)C=CC=N2)cc1Cl. The van der Waals surface area contributed by atoms with E-state index in [0.717, 1.165) is 12.0 Å². The molecule has 0 radical (unpaired) electrons. The Kier molecular flexibility index (Phi) is 3.33. The molecule has 0 aromatic heterocycles. The van der Waals surface area contributed by atoms with Crippen molar-refractivity contribution in [1.29, 1.82) is 0 Å². The second kappa shape index (κ2) is 5.14. The van der Waals surface area contributed by atoms with E-state index in [1.54, 1.807) is 12.1 Å². The van der Waals surface area contributed by atoms with Crippen LogP contribution in [-0.2, 0) is 12.0 Å². The highest BCUT2D eigenvalue weighted by atomic mass is 35.5. The largest absolute Gasteiger partial charge is 0.506 e. The quantitative estimate of drug-likeness (QED) is 0.903. The first-order valence-electron chi connectivity index (χ1n) is 6.46. The molecule has 20 heavy (non-hydrogen) atoms. The maximum Gasteiger partial charge on any atom is 0.134 e. The predicted octanol–water partition coefficient (Wildman–Crippen LogP) is 4.12. The van der Waals surface area contributed by atoms with Gasteiger partial charge in [-0.3, -0.25) is 4.99 Å². The highest BCUT2D eigenvalue weighted by Crippen LogP contribution is 2.37. The zero-order chi connectivity index (χ0) is 14.0. The molecule has 0 amide bonds. The number of hydrogen-bond acceptors (Lipinski definition) is 2. The Morgan fingerprint density at radius 1 is 1.10 bits per heavy atom. The fourth-order valence-corrected chi connectivity index (χ4v) is 2.66. The van der Waals surface area contributed by atoms with Gasteiger partial charge in [0.25, 0.3) is 0 Å². The van der Waals surface area contributed by atoms with E-state index < -0.39 is 5.54 Å². The summed E-state index contributed by atoms with van der Waals surface area (Å²) in [6.07, 6.45) is 6.60. The van der Waals surface area contributed by atoms with Crippen LogP contribution in [0.2, 0.25) is 5.02 Å². The first-order valence-corrected chi connectivity index (χ1v) is 6.83. The third-order valence-electron chi connectivity index (χ3n) is 3.53. The first kappa shape index (κ1) is 12.9. The lowest BCUT2D eigenvalue weighted by molar-refractivity contribution is 0.474. The van der Waals surface area contributed by atoms with Gasteiger partial charge >= 0.3 is 0 Å². The number of aromatic hydroxyl groups is 1. The van der Waals surface area contributed by atoms with Crippen molar-refractivity contribution in [2.45, 2.75) is 12.0 Å². The van der Waals surface area contributed by atoms with Crippen molar-refractivity contribution in [3.8, 4) is 5.75 Å². The molecule has 1 aliphatic heterocycles. The van der Waals surface area contributed by atoms with E-state index in [4.69, 9.17) is 11.6 Å². The maximum atomic E-state index is 9.57. The summed E-state index contributed by atoms with van der Waals surface area (Å²) in [4.78, 5) is 4.63. The molecule has 3 heteroatoms. The minimum Gasteiger partial charge on any atom is -0.506 e. The molecule has 0 fully saturated rings. The van der Waals surface area contributed by atoms with Gasteiger partial charge in [0.1, 0.15) is 11.3 Å². The van der Waals surface area contributed by atoms with Crippen molar-refractivity contribution in [3.63, 3.8) is 0 Å². The molecular weight excluding hydrogens is 270 g/mol. The van der Waals surface area contributed by atoms with E-state index in [-0.39, 0.29) is 5.75 Å². The molecule has 0 spiro atoms. The van der Waals surface area contributed by atoms with Gasteiger partial charge in [-0.1, -0.05) is 54.1 Å². The van der Waals surface area contributed by atoms with Gasteiger partial charge in [-0.05, 0) is 29.3 Å². The van der Waals surface area contributed by atoms with Crippen LogP contribution in [0.15, 0.2) is 65.7 Å². The molecule has 1 atom stereocenters. The van der Waals surface area contributed by atoms with Gasteiger partial charge in [0, 0.05) is 12.6 Å². The van der Waals surface area contributed by atoms with Gasteiger partial charge in [-0.2, -0.15) is 0 Å². The van der Waals surface area contributed by atoms with Gasteiger partial charge in [-0.15, -0.1) is 0 Å². The second-order valence-electron chi connectivity index (χ2n) is 4.89. The minimum atomic E-state index is -0.432. The van der Waals surface area contributed by atoms with E-state index in [2.05, 4.69) is 23.2 Å². The van der Waals surface area contributed by atoms with Crippen LogP contribution in [0.5, 0.6) is 5.75 Å². The van der Waals surface area contributed by atoms with Crippen LogP contribution in [0.1, 0.15) is 11.1 Å². The van der Waals surface area contributed by atoms with E-state index in [1.807, 2.05) is 36.6 Å². The lowest BCUT2D eigenvalue weighted by Crippen LogP contribution is -2.22. The Hall–Kier alpha value is -2.06. The number of benzene rings is 2. The van der Waals surface area contributed by atoms with Crippen molar-refractivity contribution >= 4 is 17.8 Å². The van der Waals surface area contributed by atoms with Gasteiger partial charge < -0.3 is 5.11 Å². The number of hydrogen-bond donors (Lipinski definition) is 1. The number of aliphatic imine (C=N–C) groups is 1. The van der Waals surface area contributed by atoms with Crippen LogP contribution in [0.3, 0.4) is 0 Å². The number of nitrogens with zero attached hydrogens (tertiary/aromatic N) is 1. The molecule has 1 heterocycles. The van der Waals surface area contributed by atoms with Crippen LogP contribution < -0.4 is 0 Å². The number of phenols is 1. The van der Waals surface area contributed by atoms with Gasteiger partial charge in [-0.25, -0.2) is 0 Å². The molecule has 0 saturated heterocycles. The van der Waals surface area contributed by atoms with E-state index in [0.29, 0.717) is 5.02 Å². The molecule has 0 bridgehead atoms. The Labute approximate surface area is 123 Å². The Balaban J connectivity index is 2.02. The van der Waals surface area contributed by atoms with Crippen molar-refractivity contribution in [3.05, 3.63) is 76.8 Å². The summed E-state index contributed by atoms with van der Waals surface area (Å²) in [5.41, 5.74) is 1.76. The first-order chi connectivity index (χ1) is 9.70. The summed E-state index contributed by atoms with van der Waals surface area (Å²) >= 11 is 6.03. The fraction of sp³-hybridized carbons (Fsp3) is 0.118. The van der Waals surface area contributed by atoms with Gasteiger partial charge in [0.2, 0.25) is 0 Å². The van der Waals surface area contributed by atoms with Crippen molar-refractivity contribution in [2.24, 2.45) is 4.99 Å². The van der Waals surface area contributed by atoms with Crippen LogP contribution in [0, 0.1) is 0 Å². The monoisotopic (exact) mass is 283 g/mol. The number of phenolic OH excluding ortho intramolecular Hbond substituents is 1. The van der Waals surface area contributed by atoms with E-state index in [1.165, 1.54) is 5.56 Å². The van der Waals surface area contributed by atoms with Crippen molar-refractivity contribution in [1.82, 2.24) is 0 Å². The molecule has 0 saturated carbocycles. The van der Waals surface area contributed by atoms with Crippen molar-refractivity contribution in [2.75, 3.05) is 0 Å². The Bertz CT molecular complexity index is 665. The van der Waals surface area contributed by atoms with E-state index in [9.17, 15) is 5.11 Å². The lowest BCUT2D eigenvalue weighted by atomic mass is 9.85. The minimum absolute atomic E-state index is 0.0937. The summed E-state index contributed by atoms with van der Waals surface area (Å²) in [6, 6.07) is 15.5. The molecule has 2 nitrogen and oxygen atoms in total. The molecule has 1 N–H and O–H groups in total. The average Bonchev–Trinajstić information content (AvgIpc) is 2.93. The molecule has 1 unspecified atom stereocenters. The number of halogens is 1. The summed E-state index contributed by atoms with van der Waals surface area (Å²) in [7, 11) is 0. The summed E-state index contributed by atoms with van der Waals surface area (Å²) < 4.78 is 0. The third-order valence-corrected chi connectivity index (χ3v) is 3.83. The standard InChI is InChI=1S/C17H14ClNO/c18-15-11-14(7-8-16(15)20)17(9-4-10-19-17)12-13-5-2-1-3-6-13/h1-11,20H,12H2. The number of rotatable bonds is 3. The molecule has 100 valence electrons. The Morgan fingerprint density at radius 2 is 1.90 bits per heavy atom. The zero-order valence-electron chi connectivity index (χ0n) is 10.8. The topological polar surface area (TPSA) is 32.6 Å². The second-order valence-corrected chi connectivity index (χ2v) is 5.30. The third kappa shape index (κ3) is 2.35. The molecule has 3 rings (SSSR count). The predicted molar refractivity (Wildman–Crippen MR) is 82.6 cm³/mol. The summed E-state index contributed by atoms with van der Waals surface area (Å²) in [6.45, 7) is 0. The normalized spacial score (nSPS) is 20.4. The van der Waals surface area contributed by atoms with Crippen molar-refractivity contribution < 1.29 is 5.11 Å². The van der Waals surface area contributed by atoms with Gasteiger partial charge in [0.05, 0.1) is 5.02 Å². The summed E-state index contributed by atoms with van der Waals surface area (Å²) in [5, 5.41) is 9.92. The molecule has 1 aliphatic rings. The number of allylic oxidation sites excluding steroid dienone is 1. The molecular formula is C17H14ClNO.